The first kappa shape index (κ1) is 23.1. The number of amides is 1. The molecule has 3 aromatic carbocycles. The topological polar surface area (TPSA) is 76.1 Å². The molecule has 0 saturated carbocycles. The fraction of sp³-hybridized carbons (Fsp3) is 0.214. The fourth-order valence-corrected chi connectivity index (χ4v) is 4.26. The second-order valence-corrected chi connectivity index (χ2v) is 8.40. The molecule has 3 aromatic rings. The molecule has 1 fully saturated rings. The molecule has 174 valence electrons. The van der Waals surface area contributed by atoms with Gasteiger partial charge in [-0.05, 0) is 85.5 Å². The number of carbonyl (C=O) groups excluding carboxylic acids is 2. The van der Waals surface area contributed by atoms with E-state index in [1.807, 2.05) is 39.0 Å². The molecular formula is C28H27NO5. The first-order valence-corrected chi connectivity index (χ1v) is 10.9. The van der Waals surface area contributed by atoms with Crippen LogP contribution < -0.4 is 14.4 Å². The monoisotopic (exact) mass is 457 g/mol. The fourth-order valence-electron chi connectivity index (χ4n) is 4.26. The minimum atomic E-state index is -0.796. The number of Topliss-reactive ketones (excluding diaryl/α,β-unsaturated/α-hetero) is 1. The number of methoxy groups -OCH3 is 2. The summed E-state index contributed by atoms with van der Waals surface area (Å²) in [5.74, 6) is -0.325. The number of hydrogen-bond acceptors (Lipinski definition) is 5. The van der Waals surface area contributed by atoms with Crippen LogP contribution >= 0.6 is 0 Å². The second kappa shape index (κ2) is 9.06. The first-order chi connectivity index (χ1) is 16.3. The summed E-state index contributed by atoms with van der Waals surface area (Å²) in [7, 11) is 3.14. The van der Waals surface area contributed by atoms with Crippen LogP contribution in [-0.4, -0.2) is 31.0 Å². The summed E-state index contributed by atoms with van der Waals surface area (Å²) in [6, 6.07) is 17.1. The van der Waals surface area contributed by atoms with Gasteiger partial charge in [0.25, 0.3) is 11.7 Å². The molecule has 0 radical (unpaired) electrons. The Bertz CT molecular complexity index is 1310. The largest absolute Gasteiger partial charge is 0.507 e. The second-order valence-electron chi connectivity index (χ2n) is 8.40. The number of carbonyl (C=O) groups is 2. The molecule has 1 amide bonds. The van der Waals surface area contributed by atoms with Crippen molar-refractivity contribution >= 4 is 23.1 Å². The highest BCUT2D eigenvalue weighted by atomic mass is 16.5. The molecule has 0 bridgehead atoms. The summed E-state index contributed by atoms with van der Waals surface area (Å²) in [6.45, 7) is 5.79. The van der Waals surface area contributed by atoms with Crippen LogP contribution in [0, 0.1) is 20.8 Å². The van der Waals surface area contributed by atoms with Crippen LogP contribution in [0.3, 0.4) is 0 Å². The van der Waals surface area contributed by atoms with Crippen molar-refractivity contribution < 1.29 is 24.2 Å². The SMILES string of the molecule is COc1ccc(C2/C(=C(\O)c3ccc(OC)c(C)c3)C(=O)C(=O)N2c2ccc(C)c(C)c2)cc1. The number of aryl methyl sites for hydroxylation is 3. The number of rotatable bonds is 5. The molecule has 6 nitrogen and oxygen atoms in total. The highest BCUT2D eigenvalue weighted by Gasteiger charge is 2.47. The quantitative estimate of drug-likeness (QED) is 0.322. The maximum atomic E-state index is 13.3. The number of anilines is 1. The van der Waals surface area contributed by atoms with Crippen molar-refractivity contribution in [3.8, 4) is 11.5 Å². The minimum Gasteiger partial charge on any atom is -0.507 e. The van der Waals surface area contributed by atoms with E-state index in [4.69, 9.17) is 9.47 Å². The summed E-state index contributed by atoms with van der Waals surface area (Å²) in [6.07, 6.45) is 0. The number of ketones is 1. The maximum absolute atomic E-state index is 13.3. The van der Waals surface area contributed by atoms with E-state index in [1.165, 1.54) is 4.90 Å². The van der Waals surface area contributed by atoms with Crippen LogP contribution in [0.5, 0.6) is 11.5 Å². The average molecular weight is 458 g/mol. The summed E-state index contributed by atoms with van der Waals surface area (Å²) in [4.78, 5) is 28.1. The Morgan fingerprint density at radius 3 is 2.12 bits per heavy atom. The van der Waals surface area contributed by atoms with Gasteiger partial charge >= 0.3 is 0 Å². The molecule has 1 unspecified atom stereocenters. The van der Waals surface area contributed by atoms with E-state index in [9.17, 15) is 14.7 Å². The van der Waals surface area contributed by atoms with Crippen molar-refractivity contribution in [3.05, 3.63) is 94.1 Å². The van der Waals surface area contributed by atoms with Crippen molar-refractivity contribution in [2.24, 2.45) is 0 Å². The zero-order valence-corrected chi connectivity index (χ0v) is 19.9. The molecule has 4 rings (SSSR count). The Hall–Kier alpha value is -4.06. The van der Waals surface area contributed by atoms with Gasteiger partial charge in [0.1, 0.15) is 17.3 Å². The molecule has 0 spiro atoms. The average Bonchev–Trinajstić information content (AvgIpc) is 3.10. The third-order valence-corrected chi connectivity index (χ3v) is 6.31. The third-order valence-electron chi connectivity index (χ3n) is 6.31. The predicted molar refractivity (Wildman–Crippen MR) is 131 cm³/mol. The van der Waals surface area contributed by atoms with Crippen LogP contribution in [0.1, 0.15) is 33.9 Å². The molecule has 1 atom stereocenters. The lowest BCUT2D eigenvalue weighted by atomic mass is 9.94. The molecule has 0 aromatic heterocycles. The molecule has 1 saturated heterocycles. The Labute approximate surface area is 199 Å². The van der Waals surface area contributed by atoms with Crippen LogP contribution in [0.2, 0.25) is 0 Å². The van der Waals surface area contributed by atoms with Gasteiger partial charge in [-0.1, -0.05) is 18.2 Å². The van der Waals surface area contributed by atoms with Gasteiger partial charge in [-0.2, -0.15) is 0 Å². The number of aliphatic hydroxyl groups excluding tert-OH is 1. The number of ether oxygens (including phenoxy) is 2. The van der Waals surface area contributed by atoms with Crippen molar-refractivity contribution in [2.75, 3.05) is 19.1 Å². The van der Waals surface area contributed by atoms with Gasteiger partial charge in [-0.3, -0.25) is 14.5 Å². The Kier molecular flexibility index (Phi) is 6.16. The number of aliphatic hydroxyl groups is 1. The number of hydrogen-bond donors (Lipinski definition) is 1. The summed E-state index contributed by atoms with van der Waals surface area (Å²) in [5.41, 5.74) is 4.64. The van der Waals surface area contributed by atoms with Crippen LogP contribution in [0.4, 0.5) is 5.69 Å². The van der Waals surface area contributed by atoms with Gasteiger partial charge in [0.05, 0.1) is 25.8 Å². The van der Waals surface area contributed by atoms with Crippen molar-refractivity contribution in [2.45, 2.75) is 26.8 Å². The number of nitrogens with zero attached hydrogens (tertiary/aromatic N) is 1. The Morgan fingerprint density at radius 2 is 1.53 bits per heavy atom. The standard InChI is InChI=1S/C28H27NO5/c1-16-6-10-21(15-17(16)2)29-25(19-7-11-22(33-4)12-8-19)24(27(31)28(29)32)26(30)20-9-13-23(34-5)18(3)14-20/h6-15,25,30H,1-5H3/b26-24+. The summed E-state index contributed by atoms with van der Waals surface area (Å²) in [5, 5.41) is 11.3. The summed E-state index contributed by atoms with van der Waals surface area (Å²) < 4.78 is 10.6. The maximum Gasteiger partial charge on any atom is 0.300 e. The van der Waals surface area contributed by atoms with Gasteiger partial charge in [0.2, 0.25) is 0 Å². The van der Waals surface area contributed by atoms with E-state index in [2.05, 4.69) is 0 Å². The van der Waals surface area contributed by atoms with Gasteiger partial charge < -0.3 is 14.6 Å². The lowest BCUT2D eigenvalue weighted by Gasteiger charge is -2.26. The van der Waals surface area contributed by atoms with Crippen molar-refractivity contribution in [1.82, 2.24) is 0 Å². The highest BCUT2D eigenvalue weighted by Crippen LogP contribution is 2.43. The van der Waals surface area contributed by atoms with E-state index in [0.29, 0.717) is 28.3 Å². The van der Waals surface area contributed by atoms with Crippen molar-refractivity contribution in [1.29, 1.82) is 0 Å². The molecule has 34 heavy (non-hydrogen) atoms. The van der Waals surface area contributed by atoms with E-state index in [0.717, 1.165) is 16.7 Å². The van der Waals surface area contributed by atoms with Gasteiger partial charge in [0.15, 0.2) is 0 Å². The van der Waals surface area contributed by atoms with Gasteiger partial charge in [-0.15, -0.1) is 0 Å². The summed E-state index contributed by atoms with van der Waals surface area (Å²) >= 11 is 0. The predicted octanol–water partition coefficient (Wildman–Crippen LogP) is 5.26. The lowest BCUT2D eigenvalue weighted by Crippen LogP contribution is -2.29. The smallest absolute Gasteiger partial charge is 0.300 e. The number of benzene rings is 3. The van der Waals surface area contributed by atoms with E-state index in [1.54, 1.807) is 56.7 Å². The van der Waals surface area contributed by atoms with E-state index >= 15 is 0 Å². The highest BCUT2D eigenvalue weighted by molar-refractivity contribution is 6.51. The third kappa shape index (κ3) is 3.92. The zero-order chi connectivity index (χ0) is 24.6. The van der Waals surface area contributed by atoms with E-state index < -0.39 is 17.7 Å². The molecule has 1 heterocycles. The van der Waals surface area contributed by atoms with Crippen LogP contribution in [-0.2, 0) is 9.59 Å². The van der Waals surface area contributed by atoms with E-state index in [-0.39, 0.29) is 11.3 Å². The lowest BCUT2D eigenvalue weighted by molar-refractivity contribution is -0.132. The zero-order valence-electron chi connectivity index (χ0n) is 19.9. The normalized spacial score (nSPS) is 17.2. The van der Waals surface area contributed by atoms with Gasteiger partial charge in [-0.25, -0.2) is 0 Å². The molecule has 1 aliphatic rings. The van der Waals surface area contributed by atoms with Crippen LogP contribution in [0.15, 0.2) is 66.2 Å². The van der Waals surface area contributed by atoms with Gasteiger partial charge in [0, 0.05) is 11.3 Å². The minimum absolute atomic E-state index is 0.0398. The Morgan fingerprint density at radius 1 is 0.824 bits per heavy atom. The molecule has 0 aliphatic carbocycles. The molecular weight excluding hydrogens is 430 g/mol. The Balaban J connectivity index is 1.94. The molecule has 1 N–H and O–H groups in total. The molecule has 6 heteroatoms. The first-order valence-electron chi connectivity index (χ1n) is 10.9. The van der Waals surface area contributed by atoms with Crippen LogP contribution in [0.25, 0.3) is 5.76 Å². The molecule has 1 aliphatic heterocycles. The van der Waals surface area contributed by atoms with Crippen molar-refractivity contribution in [3.63, 3.8) is 0 Å².